The third-order valence-electron chi connectivity index (χ3n) is 7.13. The maximum Gasteiger partial charge on any atom is 0.246 e. The minimum atomic E-state index is -3.75. The molecule has 1 amide bonds. The van der Waals surface area contributed by atoms with Crippen LogP contribution < -0.4 is 9.64 Å². The van der Waals surface area contributed by atoms with E-state index in [4.69, 9.17) is 4.74 Å². The van der Waals surface area contributed by atoms with Crippen molar-refractivity contribution in [2.24, 2.45) is 0 Å². The van der Waals surface area contributed by atoms with Crippen LogP contribution in [0.3, 0.4) is 0 Å². The molecular weight excluding hydrogens is 448 g/mol. The Balaban J connectivity index is 1.47. The van der Waals surface area contributed by atoms with E-state index in [1.54, 1.807) is 24.3 Å². The predicted octanol–water partition coefficient (Wildman–Crippen LogP) is 4.01. The third kappa shape index (κ3) is 3.69. The monoisotopic (exact) mass is 476 g/mol. The molecule has 2 heterocycles. The van der Waals surface area contributed by atoms with Crippen molar-refractivity contribution in [1.82, 2.24) is 4.31 Å². The van der Waals surface area contributed by atoms with Crippen molar-refractivity contribution in [2.75, 3.05) is 31.6 Å². The van der Waals surface area contributed by atoms with E-state index in [0.29, 0.717) is 25.1 Å². The topological polar surface area (TPSA) is 66.9 Å². The second-order valence-corrected chi connectivity index (χ2v) is 10.7. The SMILES string of the molecule is COc1ccccc1S(=O)(=O)N1CCC(C(=O)N2CCc3ccccc32)(c2ccccc2)CC1. The van der Waals surface area contributed by atoms with Crippen LogP contribution in [0.2, 0.25) is 0 Å². The Kier molecular flexibility index (Phi) is 5.91. The molecule has 0 aliphatic carbocycles. The number of benzene rings is 3. The average Bonchev–Trinajstić information content (AvgIpc) is 3.33. The number of hydrogen-bond acceptors (Lipinski definition) is 4. The molecule has 7 heteroatoms. The van der Waals surface area contributed by atoms with Crippen LogP contribution in [0.4, 0.5) is 5.69 Å². The van der Waals surface area contributed by atoms with Gasteiger partial charge in [-0.3, -0.25) is 4.79 Å². The summed E-state index contributed by atoms with van der Waals surface area (Å²) in [6, 6.07) is 24.5. The molecule has 0 unspecified atom stereocenters. The number of anilines is 1. The first-order valence-corrected chi connectivity index (χ1v) is 13.0. The molecule has 34 heavy (non-hydrogen) atoms. The lowest BCUT2D eigenvalue weighted by atomic mass is 9.72. The first-order chi connectivity index (χ1) is 16.5. The summed E-state index contributed by atoms with van der Waals surface area (Å²) in [7, 11) is -2.28. The van der Waals surface area contributed by atoms with Crippen molar-refractivity contribution < 1.29 is 17.9 Å². The minimum Gasteiger partial charge on any atom is -0.495 e. The van der Waals surface area contributed by atoms with E-state index >= 15 is 0 Å². The fraction of sp³-hybridized carbons (Fsp3) is 0.296. The van der Waals surface area contributed by atoms with Gasteiger partial charge in [0.1, 0.15) is 10.6 Å². The zero-order chi connectivity index (χ0) is 23.8. The Morgan fingerprint density at radius 2 is 1.50 bits per heavy atom. The lowest BCUT2D eigenvalue weighted by Gasteiger charge is -2.42. The molecule has 0 radical (unpaired) electrons. The summed E-state index contributed by atoms with van der Waals surface area (Å²) in [6.07, 6.45) is 1.67. The van der Waals surface area contributed by atoms with E-state index in [-0.39, 0.29) is 23.9 Å². The number of amides is 1. The number of piperidine rings is 1. The molecule has 0 aromatic heterocycles. The number of para-hydroxylation sites is 2. The van der Waals surface area contributed by atoms with Crippen LogP contribution in [0.15, 0.2) is 83.8 Å². The number of carbonyl (C=O) groups excluding carboxylic acids is 1. The van der Waals surface area contributed by atoms with Crippen LogP contribution in [0.5, 0.6) is 5.75 Å². The molecule has 0 bridgehead atoms. The van der Waals surface area contributed by atoms with Gasteiger partial charge in [0.15, 0.2) is 0 Å². The lowest BCUT2D eigenvalue weighted by molar-refractivity contribution is -0.125. The number of ether oxygens (including phenoxy) is 1. The van der Waals surface area contributed by atoms with Gasteiger partial charge in [-0.15, -0.1) is 0 Å². The fourth-order valence-corrected chi connectivity index (χ4v) is 6.87. The van der Waals surface area contributed by atoms with Crippen molar-refractivity contribution >= 4 is 21.6 Å². The van der Waals surface area contributed by atoms with Gasteiger partial charge < -0.3 is 9.64 Å². The van der Waals surface area contributed by atoms with Gasteiger partial charge in [-0.2, -0.15) is 4.31 Å². The molecule has 0 spiro atoms. The Morgan fingerprint density at radius 1 is 0.853 bits per heavy atom. The summed E-state index contributed by atoms with van der Waals surface area (Å²) in [6.45, 7) is 1.17. The quantitative estimate of drug-likeness (QED) is 0.558. The lowest BCUT2D eigenvalue weighted by Crippen LogP contribution is -2.53. The molecule has 2 aliphatic rings. The Bertz CT molecular complexity index is 1300. The first-order valence-electron chi connectivity index (χ1n) is 11.6. The zero-order valence-corrected chi connectivity index (χ0v) is 20.0. The highest BCUT2D eigenvalue weighted by atomic mass is 32.2. The summed E-state index contributed by atoms with van der Waals surface area (Å²) in [5.74, 6) is 0.380. The van der Waals surface area contributed by atoms with E-state index in [0.717, 1.165) is 17.7 Å². The number of fused-ring (bicyclic) bond motifs is 1. The van der Waals surface area contributed by atoms with Crippen molar-refractivity contribution in [3.8, 4) is 5.75 Å². The molecule has 6 nitrogen and oxygen atoms in total. The van der Waals surface area contributed by atoms with Crippen LogP contribution in [-0.4, -0.2) is 45.4 Å². The second kappa shape index (κ2) is 8.89. The summed E-state index contributed by atoms with van der Waals surface area (Å²) >= 11 is 0. The summed E-state index contributed by atoms with van der Waals surface area (Å²) in [4.78, 5) is 16.2. The van der Waals surface area contributed by atoms with E-state index in [1.165, 1.54) is 17.0 Å². The maximum atomic E-state index is 14.2. The molecule has 1 saturated heterocycles. The number of nitrogens with zero attached hydrogens (tertiary/aromatic N) is 2. The molecule has 2 aliphatic heterocycles. The van der Waals surface area contributed by atoms with Gasteiger partial charge in [0.2, 0.25) is 15.9 Å². The van der Waals surface area contributed by atoms with Gasteiger partial charge in [-0.05, 0) is 48.6 Å². The third-order valence-corrected chi connectivity index (χ3v) is 9.07. The summed E-state index contributed by atoms with van der Waals surface area (Å²) in [5.41, 5.74) is 2.31. The smallest absolute Gasteiger partial charge is 0.246 e. The van der Waals surface area contributed by atoms with Gasteiger partial charge in [-0.1, -0.05) is 60.7 Å². The zero-order valence-electron chi connectivity index (χ0n) is 19.2. The average molecular weight is 477 g/mol. The van der Waals surface area contributed by atoms with Crippen molar-refractivity contribution in [3.63, 3.8) is 0 Å². The molecule has 5 rings (SSSR count). The highest BCUT2D eigenvalue weighted by Crippen LogP contribution is 2.42. The molecular formula is C27H28N2O4S. The molecule has 0 atom stereocenters. The van der Waals surface area contributed by atoms with E-state index < -0.39 is 15.4 Å². The van der Waals surface area contributed by atoms with Gasteiger partial charge in [0, 0.05) is 25.3 Å². The van der Waals surface area contributed by atoms with E-state index in [1.807, 2.05) is 53.4 Å². The Morgan fingerprint density at radius 3 is 2.24 bits per heavy atom. The molecule has 0 N–H and O–H groups in total. The summed E-state index contributed by atoms with van der Waals surface area (Å²) < 4.78 is 33.7. The maximum absolute atomic E-state index is 14.2. The van der Waals surface area contributed by atoms with Crippen molar-refractivity contribution in [2.45, 2.75) is 29.6 Å². The number of sulfonamides is 1. The number of carbonyl (C=O) groups is 1. The van der Waals surface area contributed by atoms with Crippen molar-refractivity contribution in [3.05, 3.63) is 90.0 Å². The number of hydrogen-bond donors (Lipinski definition) is 0. The number of methoxy groups -OCH3 is 1. The van der Waals surface area contributed by atoms with E-state index in [2.05, 4.69) is 6.07 Å². The predicted molar refractivity (Wildman–Crippen MR) is 132 cm³/mol. The van der Waals surface area contributed by atoms with Crippen LogP contribution in [0.25, 0.3) is 0 Å². The van der Waals surface area contributed by atoms with Crippen LogP contribution in [0, 0.1) is 0 Å². The molecule has 3 aromatic carbocycles. The van der Waals surface area contributed by atoms with Gasteiger partial charge in [-0.25, -0.2) is 8.42 Å². The molecule has 3 aromatic rings. The van der Waals surface area contributed by atoms with E-state index in [9.17, 15) is 13.2 Å². The standard InChI is InChI=1S/C27H28N2O4S/c1-33-24-13-7-8-14-25(24)34(31,32)28-19-16-27(17-20-28,22-10-3-2-4-11-22)26(30)29-18-15-21-9-5-6-12-23(21)29/h2-14H,15-20H2,1H3. The largest absolute Gasteiger partial charge is 0.495 e. The van der Waals surface area contributed by atoms with Gasteiger partial charge in [0.25, 0.3) is 0 Å². The second-order valence-electron chi connectivity index (χ2n) is 8.84. The van der Waals surface area contributed by atoms with Gasteiger partial charge >= 0.3 is 0 Å². The number of rotatable bonds is 5. The van der Waals surface area contributed by atoms with Crippen LogP contribution in [-0.2, 0) is 26.7 Å². The van der Waals surface area contributed by atoms with Crippen LogP contribution in [0.1, 0.15) is 24.0 Å². The minimum absolute atomic E-state index is 0.0537. The fourth-order valence-electron chi connectivity index (χ4n) is 5.27. The highest BCUT2D eigenvalue weighted by molar-refractivity contribution is 7.89. The Labute approximate surface area is 200 Å². The van der Waals surface area contributed by atoms with Gasteiger partial charge in [0.05, 0.1) is 12.5 Å². The molecule has 0 saturated carbocycles. The molecule has 176 valence electrons. The van der Waals surface area contributed by atoms with Crippen molar-refractivity contribution in [1.29, 1.82) is 0 Å². The highest BCUT2D eigenvalue weighted by Gasteiger charge is 2.48. The first kappa shape index (κ1) is 22.6. The Hall–Kier alpha value is -3.16. The summed E-state index contributed by atoms with van der Waals surface area (Å²) in [5, 5.41) is 0. The molecule has 1 fully saturated rings. The normalized spacial score (nSPS) is 17.9. The van der Waals surface area contributed by atoms with Crippen LogP contribution >= 0.6 is 0 Å².